The van der Waals surface area contributed by atoms with Crippen molar-refractivity contribution in [3.63, 3.8) is 0 Å². The van der Waals surface area contributed by atoms with Crippen LogP contribution in [0.2, 0.25) is 0 Å². The van der Waals surface area contributed by atoms with Crippen molar-refractivity contribution in [1.29, 1.82) is 0 Å². The van der Waals surface area contributed by atoms with Crippen molar-refractivity contribution in [2.45, 2.75) is 6.92 Å². The van der Waals surface area contributed by atoms with E-state index in [0.29, 0.717) is 0 Å². The van der Waals surface area contributed by atoms with E-state index in [4.69, 9.17) is 0 Å². The van der Waals surface area contributed by atoms with Crippen LogP contribution in [0.4, 0.5) is 0 Å². The SMILES string of the molecule is C=Cc1c[nH]c2c(C)cccc12. The lowest BCUT2D eigenvalue weighted by Gasteiger charge is -1.94. The number of benzene rings is 1. The number of aryl methyl sites for hydroxylation is 1. The Morgan fingerprint density at radius 2 is 2.25 bits per heavy atom. The minimum absolute atomic E-state index is 1.17. The first kappa shape index (κ1) is 7.17. The van der Waals surface area contributed by atoms with Crippen molar-refractivity contribution < 1.29 is 0 Å². The predicted molar refractivity (Wildman–Crippen MR) is 53.1 cm³/mol. The van der Waals surface area contributed by atoms with Gasteiger partial charge in [0.05, 0.1) is 0 Å². The number of para-hydroxylation sites is 1. The highest BCUT2D eigenvalue weighted by atomic mass is 14.7. The van der Waals surface area contributed by atoms with Crippen LogP contribution >= 0.6 is 0 Å². The van der Waals surface area contributed by atoms with Gasteiger partial charge >= 0.3 is 0 Å². The summed E-state index contributed by atoms with van der Waals surface area (Å²) in [6, 6.07) is 6.28. The summed E-state index contributed by atoms with van der Waals surface area (Å²) in [6.45, 7) is 5.87. The zero-order valence-corrected chi connectivity index (χ0v) is 7.09. The van der Waals surface area contributed by atoms with Gasteiger partial charge in [-0.2, -0.15) is 0 Å². The van der Waals surface area contributed by atoms with Gasteiger partial charge in [-0.1, -0.05) is 30.9 Å². The van der Waals surface area contributed by atoms with Gasteiger partial charge in [0.2, 0.25) is 0 Å². The van der Waals surface area contributed by atoms with Crippen molar-refractivity contribution in [2.75, 3.05) is 0 Å². The number of aromatic nitrogens is 1. The molecule has 1 heteroatoms. The molecular weight excluding hydrogens is 146 g/mol. The quantitative estimate of drug-likeness (QED) is 0.654. The van der Waals surface area contributed by atoms with Crippen LogP contribution in [0, 0.1) is 6.92 Å². The Hall–Kier alpha value is -1.50. The largest absolute Gasteiger partial charge is 0.360 e. The molecule has 0 radical (unpaired) electrons. The summed E-state index contributed by atoms with van der Waals surface area (Å²) < 4.78 is 0. The average molecular weight is 157 g/mol. The van der Waals surface area contributed by atoms with E-state index in [9.17, 15) is 0 Å². The molecule has 60 valence electrons. The fraction of sp³-hybridized carbons (Fsp3) is 0.0909. The van der Waals surface area contributed by atoms with E-state index in [2.05, 4.69) is 36.7 Å². The summed E-state index contributed by atoms with van der Waals surface area (Å²) in [5.41, 5.74) is 3.67. The molecule has 2 aromatic rings. The van der Waals surface area contributed by atoms with Gasteiger partial charge in [0.15, 0.2) is 0 Å². The third-order valence-electron chi connectivity index (χ3n) is 2.18. The second kappa shape index (κ2) is 2.52. The number of hydrogen-bond donors (Lipinski definition) is 1. The molecule has 1 nitrogen and oxygen atoms in total. The van der Waals surface area contributed by atoms with Gasteiger partial charge in [-0.15, -0.1) is 0 Å². The molecule has 2 rings (SSSR count). The van der Waals surface area contributed by atoms with Gasteiger partial charge in [-0.25, -0.2) is 0 Å². The maximum atomic E-state index is 3.76. The standard InChI is InChI=1S/C11H11N/c1-3-9-7-12-11-8(2)5-4-6-10(9)11/h3-7,12H,1H2,2H3. The minimum Gasteiger partial charge on any atom is -0.360 e. The summed E-state index contributed by atoms with van der Waals surface area (Å²) in [5, 5.41) is 1.25. The fourth-order valence-corrected chi connectivity index (χ4v) is 1.50. The lowest BCUT2D eigenvalue weighted by Crippen LogP contribution is -1.74. The van der Waals surface area contributed by atoms with E-state index in [1.165, 1.54) is 22.0 Å². The third kappa shape index (κ3) is 0.866. The number of hydrogen-bond acceptors (Lipinski definition) is 0. The van der Waals surface area contributed by atoms with E-state index in [1.54, 1.807) is 0 Å². The van der Waals surface area contributed by atoms with E-state index < -0.39 is 0 Å². The number of aromatic amines is 1. The van der Waals surface area contributed by atoms with Gasteiger partial charge in [-0.05, 0) is 18.1 Å². The molecule has 1 aromatic heterocycles. The zero-order chi connectivity index (χ0) is 8.55. The monoisotopic (exact) mass is 157 g/mol. The average Bonchev–Trinajstić information content (AvgIpc) is 2.49. The van der Waals surface area contributed by atoms with Crippen molar-refractivity contribution in [1.82, 2.24) is 4.98 Å². The Morgan fingerprint density at radius 1 is 1.42 bits per heavy atom. The van der Waals surface area contributed by atoms with Crippen molar-refractivity contribution in [3.05, 3.63) is 42.1 Å². The molecule has 0 bridgehead atoms. The summed E-state index contributed by atoms with van der Waals surface area (Å²) in [7, 11) is 0. The smallest absolute Gasteiger partial charge is 0.0489 e. The van der Waals surface area contributed by atoms with E-state index in [1.807, 2.05) is 12.3 Å². The van der Waals surface area contributed by atoms with Crippen LogP contribution in [0.3, 0.4) is 0 Å². The van der Waals surface area contributed by atoms with Crippen LogP contribution < -0.4 is 0 Å². The summed E-state index contributed by atoms with van der Waals surface area (Å²) >= 11 is 0. The van der Waals surface area contributed by atoms with Crippen LogP contribution in [0.1, 0.15) is 11.1 Å². The van der Waals surface area contributed by atoms with Crippen molar-refractivity contribution in [2.24, 2.45) is 0 Å². The maximum absolute atomic E-state index is 3.76. The van der Waals surface area contributed by atoms with Gasteiger partial charge < -0.3 is 4.98 Å². The molecule has 0 fully saturated rings. The molecule has 1 aromatic carbocycles. The molecular formula is C11H11N. The van der Waals surface area contributed by atoms with Gasteiger partial charge in [0, 0.05) is 17.1 Å². The zero-order valence-electron chi connectivity index (χ0n) is 7.09. The minimum atomic E-state index is 1.17. The van der Waals surface area contributed by atoms with Gasteiger partial charge in [0.25, 0.3) is 0 Å². The second-order valence-electron chi connectivity index (χ2n) is 2.95. The molecule has 0 aliphatic carbocycles. The summed E-state index contributed by atoms with van der Waals surface area (Å²) in [5.74, 6) is 0. The van der Waals surface area contributed by atoms with Gasteiger partial charge in [-0.3, -0.25) is 0 Å². The molecule has 12 heavy (non-hydrogen) atoms. The normalized spacial score (nSPS) is 10.4. The number of nitrogens with one attached hydrogen (secondary N) is 1. The molecule has 1 heterocycles. The van der Waals surface area contributed by atoms with E-state index in [-0.39, 0.29) is 0 Å². The first-order valence-electron chi connectivity index (χ1n) is 4.02. The third-order valence-corrected chi connectivity index (χ3v) is 2.18. The fourth-order valence-electron chi connectivity index (χ4n) is 1.50. The van der Waals surface area contributed by atoms with Crippen LogP contribution in [0.25, 0.3) is 17.0 Å². The van der Waals surface area contributed by atoms with Crippen LogP contribution in [-0.4, -0.2) is 4.98 Å². The number of fused-ring (bicyclic) bond motifs is 1. The molecule has 0 saturated carbocycles. The highest BCUT2D eigenvalue weighted by Gasteiger charge is 2.00. The van der Waals surface area contributed by atoms with Crippen LogP contribution in [0.15, 0.2) is 31.0 Å². The molecule has 0 spiro atoms. The molecule has 0 unspecified atom stereocenters. The first-order chi connectivity index (χ1) is 5.83. The highest BCUT2D eigenvalue weighted by molar-refractivity contribution is 5.90. The van der Waals surface area contributed by atoms with Gasteiger partial charge in [0.1, 0.15) is 0 Å². The van der Waals surface area contributed by atoms with Crippen LogP contribution in [0.5, 0.6) is 0 Å². The molecule has 0 amide bonds. The maximum Gasteiger partial charge on any atom is 0.0489 e. The Labute approximate surface area is 71.7 Å². The number of H-pyrrole nitrogens is 1. The molecule has 0 aliphatic rings. The Bertz CT molecular complexity index is 423. The van der Waals surface area contributed by atoms with E-state index in [0.717, 1.165) is 0 Å². The van der Waals surface area contributed by atoms with Crippen molar-refractivity contribution in [3.8, 4) is 0 Å². The molecule has 0 aliphatic heterocycles. The molecule has 0 saturated heterocycles. The Balaban J connectivity index is 2.88. The lowest BCUT2D eigenvalue weighted by atomic mass is 10.1. The second-order valence-corrected chi connectivity index (χ2v) is 2.95. The lowest BCUT2D eigenvalue weighted by molar-refractivity contribution is 1.42. The van der Waals surface area contributed by atoms with Crippen LogP contribution in [-0.2, 0) is 0 Å². The van der Waals surface area contributed by atoms with Crippen molar-refractivity contribution >= 4 is 17.0 Å². The predicted octanol–water partition coefficient (Wildman–Crippen LogP) is 3.12. The van der Waals surface area contributed by atoms with E-state index >= 15 is 0 Å². The summed E-state index contributed by atoms with van der Waals surface area (Å²) in [6.07, 6.45) is 3.86. The Kier molecular flexibility index (Phi) is 1.51. The molecule has 1 N–H and O–H groups in total. The highest BCUT2D eigenvalue weighted by Crippen LogP contribution is 2.21. The number of rotatable bonds is 1. The molecule has 0 atom stereocenters. The Morgan fingerprint density at radius 3 is 3.00 bits per heavy atom. The first-order valence-corrected chi connectivity index (χ1v) is 4.02. The topological polar surface area (TPSA) is 15.8 Å². The summed E-state index contributed by atoms with van der Waals surface area (Å²) in [4.78, 5) is 3.24.